The topological polar surface area (TPSA) is 137 Å². The Labute approximate surface area is 192 Å². The number of amides is 1. The molecule has 10 nitrogen and oxygen atoms in total. The summed E-state index contributed by atoms with van der Waals surface area (Å²) < 4.78 is 12.2. The van der Waals surface area contributed by atoms with Crippen LogP contribution in [0.25, 0.3) is 0 Å². The van der Waals surface area contributed by atoms with Crippen LogP contribution in [-0.2, 0) is 11.3 Å². The average molecular weight is 461 g/mol. The van der Waals surface area contributed by atoms with Crippen LogP contribution in [0.3, 0.4) is 0 Å². The molecule has 10 heteroatoms. The van der Waals surface area contributed by atoms with Crippen LogP contribution in [0.1, 0.15) is 56.8 Å². The molecule has 0 unspecified atom stereocenters. The lowest BCUT2D eigenvalue weighted by molar-refractivity contribution is -0.120. The first-order valence-corrected chi connectivity index (χ1v) is 11.0. The minimum Gasteiger partial charge on any atom is -0.493 e. The van der Waals surface area contributed by atoms with Crippen LogP contribution in [0.2, 0.25) is 0 Å². The van der Waals surface area contributed by atoms with Crippen molar-refractivity contribution in [2.75, 3.05) is 30.9 Å². The Kier molecular flexibility index (Phi) is 9.26. The number of aromatic amines is 1. The molecule has 33 heavy (non-hydrogen) atoms. The summed E-state index contributed by atoms with van der Waals surface area (Å²) in [6.45, 7) is 5.53. The molecular weight excluding hydrogens is 428 g/mol. The lowest BCUT2D eigenvalue weighted by Crippen LogP contribution is -2.43. The van der Waals surface area contributed by atoms with Crippen LogP contribution < -0.4 is 31.4 Å². The van der Waals surface area contributed by atoms with Crippen molar-refractivity contribution < 1.29 is 19.1 Å². The fraction of sp³-hybridized carbons (Fsp3) is 0.478. The van der Waals surface area contributed by atoms with Gasteiger partial charge in [0, 0.05) is 18.7 Å². The fourth-order valence-electron chi connectivity index (χ4n) is 3.28. The van der Waals surface area contributed by atoms with Gasteiger partial charge < -0.3 is 20.1 Å². The number of aromatic nitrogens is 2. The van der Waals surface area contributed by atoms with E-state index in [0.717, 1.165) is 12.8 Å². The molecule has 0 saturated carbocycles. The van der Waals surface area contributed by atoms with Crippen molar-refractivity contribution >= 4 is 23.2 Å². The molecule has 2 rings (SSSR count). The number of nitrogens with one attached hydrogen (secondary N) is 1. The van der Waals surface area contributed by atoms with Crippen molar-refractivity contribution in [2.45, 2.75) is 53.0 Å². The number of nitrogens with two attached hydrogens (primary N) is 1. The molecule has 0 aliphatic rings. The predicted octanol–water partition coefficient (Wildman–Crippen LogP) is 2.34. The van der Waals surface area contributed by atoms with Gasteiger partial charge in [-0.3, -0.25) is 23.9 Å². The predicted molar refractivity (Wildman–Crippen MR) is 126 cm³/mol. The Morgan fingerprint density at radius 1 is 1.12 bits per heavy atom. The zero-order chi connectivity index (χ0) is 24.5. The van der Waals surface area contributed by atoms with E-state index in [-0.39, 0.29) is 29.6 Å². The number of carbonyl (C=O) groups is 2. The number of ether oxygens (including phenoxy) is 2. The number of rotatable bonds is 12. The standard InChI is InChI=1S/C23H32N4O6/c1-5-7-11-26(20-21(24)27(12-8-6-2)23(31)25-22(20)30)19(29)14-33-17-10-9-16(15(3)28)13-18(17)32-4/h9-10,13H,5-8,11-12,14,24H2,1-4H3,(H,25,30,31). The van der Waals surface area contributed by atoms with E-state index in [1.165, 1.54) is 29.6 Å². The number of benzene rings is 1. The average Bonchev–Trinajstić information content (AvgIpc) is 2.79. The Morgan fingerprint density at radius 2 is 1.82 bits per heavy atom. The molecule has 0 aliphatic carbocycles. The van der Waals surface area contributed by atoms with Gasteiger partial charge in [-0.25, -0.2) is 4.79 Å². The Balaban J connectivity index is 2.36. The number of nitrogen functional groups attached to an aromatic ring is 1. The van der Waals surface area contributed by atoms with Crippen molar-refractivity contribution in [1.82, 2.24) is 9.55 Å². The number of H-pyrrole nitrogens is 1. The van der Waals surface area contributed by atoms with E-state index in [4.69, 9.17) is 15.2 Å². The molecule has 0 radical (unpaired) electrons. The van der Waals surface area contributed by atoms with Crippen LogP contribution in [0.4, 0.5) is 11.5 Å². The number of Topliss-reactive ketones (excluding diaryl/α,β-unsaturated/α-hetero) is 1. The lowest BCUT2D eigenvalue weighted by atomic mass is 10.1. The van der Waals surface area contributed by atoms with E-state index in [2.05, 4.69) is 4.98 Å². The van der Waals surface area contributed by atoms with Crippen molar-refractivity contribution in [3.8, 4) is 11.5 Å². The molecule has 0 fully saturated rings. The number of methoxy groups -OCH3 is 1. The minimum atomic E-state index is -0.724. The molecule has 180 valence electrons. The van der Waals surface area contributed by atoms with Gasteiger partial charge in [0.1, 0.15) is 5.82 Å². The highest BCUT2D eigenvalue weighted by atomic mass is 16.5. The molecule has 0 atom stereocenters. The van der Waals surface area contributed by atoms with Crippen molar-refractivity contribution in [3.05, 3.63) is 44.6 Å². The first-order chi connectivity index (χ1) is 15.7. The third-order valence-electron chi connectivity index (χ3n) is 5.18. The fourth-order valence-corrected chi connectivity index (χ4v) is 3.28. The zero-order valence-electron chi connectivity index (χ0n) is 19.6. The zero-order valence-corrected chi connectivity index (χ0v) is 19.6. The Hall–Kier alpha value is -3.56. The summed E-state index contributed by atoms with van der Waals surface area (Å²) in [4.78, 5) is 53.1. The van der Waals surface area contributed by atoms with Gasteiger partial charge in [0.2, 0.25) is 0 Å². The van der Waals surface area contributed by atoms with E-state index < -0.39 is 23.8 Å². The third-order valence-corrected chi connectivity index (χ3v) is 5.18. The largest absolute Gasteiger partial charge is 0.493 e. The normalized spacial score (nSPS) is 10.7. The maximum absolute atomic E-state index is 13.1. The van der Waals surface area contributed by atoms with Gasteiger partial charge >= 0.3 is 5.69 Å². The smallest absolute Gasteiger partial charge is 0.330 e. The van der Waals surface area contributed by atoms with Gasteiger partial charge in [-0.2, -0.15) is 0 Å². The van der Waals surface area contributed by atoms with Crippen LogP contribution in [0.15, 0.2) is 27.8 Å². The number of ketones is 1. The quantitative estimate of drug-likeness (QED) is 0.464. The highest BCUT2D eigenvalue weighted by Crippen LogP contribution is 2.28. The summed E-state index contributed by atoms with van der Waals surface area (Å²) in [7, 11) is 1.43. The molecule has 1 aromatic carbocycles. The van der Waals surface area contributed by atoms with E-state index in [0.29, 0.717) is 30.7 Å². The Bertz CT molecular complexity index is 1110. The minimum absolute atomic E-state index is 0.0509. The van der Waals surface area contributed by atoms with Gasteiger partial charge in [-0.1, -0.05) is 26.7 Å². The van der Waals surface area contributed by atoms with Crippen molar-refractivity contribution in [3.63, 3.8) is 0 Å². The first kappa shape index (κ1) is 25.7. The van der Waals surface area contributed by atoms with Crippen molar-refractivity contribution in [1.29, 1.82) is 0 Å². The van der Waals surface area contributed by atoms with Crippen LogP contribution in [-0.4, -0.2) is 41.5 Å². The molecule has 2 aromatic rings. The molecule has 1 heterocycles. The molecule has 0 spiro atoms. The summed E-state index contributed by atoms with van der Waals surface area (Å²) >= 11 is 0. The number of carbonyl (C=O) groups excluding carboxylic acids is 2. The summed E-state index contributed by atoms with van der Waals surface area (Å²) in [6.07, 6.45) is 2.92. The van der Waals surface area contributed by atoms with Crippen LogP contribution >= 0.6 is 0 Å². The number of unbranched alkanes of at least 4 members (excludes halogenated alkanes) is 2. The number of nitrogens with zero attached hydrogens (tertiary/aromatic N) is 2. The van der Waals surface area contributed by atoms with Gasteiger partial charge in [-0.05, 0) is 38.0 Å². The molecule has 0 aliphatic heterocycles. The van der Waals surface area contributed by atoms with Gasteiger partial charge in [-0.15, -0.1) is 0 Å². The summed E-state index contributed by atoms with van der Waals surface area (Å²) in [5, 5.41) is 0. The second kappa shape index (κ2) is 11.9. The summed E-state index contributed by atoms with van der Waals surface area (Å²) in [6, 6.07) is 4.65. The number of anilines is 2. The van der Waals surface area contributed by atoms with Crippen LogP contribution in [0, 0.1) is 0 Å². The van der Waals surface area contributed by atoms with E-state index in [1.807, 2.05) is 13.8 Å². The molecule has 1 aromatic heterocycles. The maximum Gasteiger partial charge on any atom is 0.330 e. The third kappa shape index (κ3) is 6.24. The SMILES string of the molecule is CCCCN(C(=O)COc1ccc(C(C)=O)cc1OC)c1c(N)n(CCCC)c(=O)[nH]c1=O. The summed E-state index contributed by atoms with van der Waals surface area (Å²) in [5.74, 6) is -0.0965. The first-order valence-electron chi connectivity index (χ1n) is 11.0. The van der Waals surface area contributed by atoms with Gasteiger partial charge in [0.15, 0.2) is 29.6 Å². The van der Waals surface area contributed by atoms with Crippen molar-refractivity contribution in [2.24, 2.45) is 0 Å². The molecular formula is C23H32N4O6. The number of hydrogen-bond acceptors (Lipinski definition) is 7. The Morgan fingerprint density at radius 3 is 2.42 bits per heavy atom. The second-order valence-electron chi connectivity index (χ2n) is 7.61. The van der Waals surface area contributed by atoms with Gasteiger partial charge in [0.05, 0.1) is 7.11 Å². The van der Waals surface area contributed by atoms with Crippen LogP contribution in [0.5, 0.6) is 11.5 Å². The van der Waals surface area contributed by atoms with E-state index in [1.54, 1.807) is 12.1 Å². The molecule has 0 bridgehead atoms. The highest BCUT2D eigenvalue weighted by Gasteiger charge is 2.24. The molecule has 3 N–H and O–H groups in total. The van der Waals surface area contributed by atoms with E-state index >= 15 is 0 Å². The van der Waals surface area contributed by atoms with Gasteiger partial charge in [0.25, 0.3) is 11.5 Å². The molecule has 0 saturated heterocycles. The lowest BCUT2D eigenvalue weighted by Gasteiger charge is -2.24. The monoisotopic (exact) mass is 460 g/mol. The van der Waals surface area contributed by atoms with E-state index in [9.17, 15) is 19.2 Å². The maximum atomic E-state index is 13.1. The highest BCUT2D eigenvalue weighted by molar-refractivity contribution is 5.97. The molecule has 1 amide bonds. The summed E-state index contributed by atoms with van der Waals surface area (Å²) in [5.41, 5.74) is 5.24. The number of hydrogen-bond donors (Lipinski definition) is 2. The second-order valence-corrected chi connectivity index (χ2v) is 7.61.